The summed E-state index contributed by atoms with van der Waals surface area (Å²) in [5.74, 6) is 1.37. The molecule has 1 aliphatic rings. The first kappa shape index (κ1) is 16.9. The fraction of sp³-hybridized carbons (Fsp3) is 0.143. The minimum Gasteiger partial charge on any atom is -0.454 e. The summed E-state index contributed by atoms with van der Waals surface area (Å²) in [4.78, 5) is 16.1. The normalized spacial score (nSPS) is 12.6. The van der Waals surface area contributed by atoms with Gasteiger partial charge in [0.05, 0.1) is 11.4 Å². The van der Waals surface area contributed by atoms with E-state index in [9.17, 15) is 4.79 Å². The van der Waals surface area contributed by atoms with Crippen LogP contribution in [0.15, 0.2) is 53.3 Å². The van der Waals surface area contributed by atoms with E-state index in [2.05, 4.69) is 10.1 Å². The Morgan fingerprint density at radius 2 is 2.00 bits per heavy atom. The Labute approximate surface area is 165 Å². The Bertz CT molecular complexity index is 1280. The summed E-state index contributed by atoms with van der Waals surface area (Å²) in [7, 11) is 0. The number of rotatable bonds is 3. The van der Waals surface area contributed by atoms with Crippen LogP contribution >= 0.6 is 11.6 Å². The third-order valence-corrected chi connectivity index (χ3v) is 5.10. The average molecular weight is 394 g/mol. The Balaban J connectivity index is 1.64. The predicted octanol–water partition coefficient (Wildman–Crippen LogP) is 3.97. The number of nitrogens with zero attached hydrogens (tertiary/aromatic N) is 2. The Morgan fingerprint density at radius 1 is 1.14 bits per heavy atom. The van der Waals surface area contributed by atoms with E-state index >= 15 is 0 Å². The minimum atomic E-state index is -0.193. The molecular formula is C21H16ClN3O3. The van der Waals surface area contributed by atoms with E-state index in [1.54, 1.807) is 6.07 Å². The van der Waals surface area contributed by atoms with Crippen LogP contribution in [-0.4, -0.2) is 21.4 Å². The highest BCUT2D eigenvalue weighted by Gasteiger charge is 2.17. The van der Waals surface area contributed by atoms with E-state index in [1.807, 2.05) is 49.4 Å². The summed E-state index contributed by atoms with van der Waals surface area (Å²) >= 11 is 6.12. The SMILES string of the molecule is Cc1nn2c(=O)cc(-c3ccc4c(c3)OCO4)[nH]c2c1Cc1cccc(Cl)c1. The lowest BCUT2D eigenvalue weighted by molar-refractivity contribution is 0.174. The highest BCUT2D eigenvalue weighted by Crippen LogP contribution is 2.35. The van der Waals surface area contributed by atoms with Crippen LogP contribution in [0.1, 0.15) is 16.8 Å². The maximum atomic E-state index is 12.7. The van der Waals surface area contributed by atoms with Crippen molar-refractivity contribution in [2.75, 3.05) is 6.79 Å². The molecule has 2 aromatic carbocycles. The zero-order valence-corrected chi connectivity index (χ0v) is 15.8. The second-order valence-electron chi connectivity index (χ2n) is 6.72. The number of benzene rings is 2. The van der Waals surface area contributed by atoms with Gasteiger partial charge in [0.2, 0.25) is 6.79 Å². The number of hydrogen-bond acceptors (Lipinski definition) is 4. The van der Waals surface area contributed by atoms with Crippen molar-refractivity contribution in [3.8, 4) is 22.8 Å². The number of halogens is 1. The molecule has 4 aromatic rings. The van der Waals surface area contributed by atoms with Crippen molar-refractivity contribution in [3.05, 3.63) is 80.7 Å². The van der Waals surface area contributed by atoms with E-state index < -0.39 is 0 Å². The number of hydrogen-bond donors (Lipinski definition) is 1. The van der Waals surface area contributed by atoms with E-state index in [1.165, 1.54) is 4.52 Å². The maximum absolute atomic E-state index is 12.7. The Morgan fingerprint density at radius 3 is 2.86 bits per heavy atom. The molecule has 7 heteroatoms. The number of aromatic amines is 1. The fourth-order valence-electron chi connectivity index (χ4n) is 3.48. The molecule has 0 saturated heterocycles. The van der Waals surface area contributed by atoms with Crippen LogP contribution in [0.2, 0.25) is 5.02 Å². The zero-order chi connectivity index (χ0) is 19.3. The number of nitrogens with one attached hydrogen (secondary N) is 1. The number of ether oxygens (including phenoxy) is 2. The first-order valence-corrected chi connectivity index (χ1v) is 9.22. The number of aryl methyl sites for hydroxylation is 1. The molecule has 1 N–H and O–H groups in total. The van der Waals surface area contributed by atoms with Crippen LogP contribution in [0.3, 0.4) is 0 Å². The van der Waals surface area contributed by atoms with Gasteiger partial charge < -0.3 is 14.5 Å². The van der Waals surface area contributed by atoms with Gasteiger partial charge in [-0.25, -0.2) is 0 Å². The van der Waals surface area contributed by atoms with Crippen molar-refractivity contribution in [2.45, 2.75) is 13.3 Å². The van der Waals surface area contributed by atoms with Crippen molar-refractivity contribution >= 4 is 17.2 Å². The summed E-state index contributed by atoms with van der Waals surface area (Å²) in [6.07, 6.45) is 0.621. The minimum absolute atomic E-state index is 0.193. The third kappa shape index (κ3) is 2.82. The molecule has 0 amide bonds. The average Bonchev–Trinajstić information content (AvgIpc) is 3.27. The van der Waals surface area contributed by atoms with Gasteiger partial charge in [-0.15, -0.1) is 0 Å². The first-order chi connectivity index (χ1) is 13.6. The van der Waals surface area contributed by atoms with Gasteiger partial charge in [0, 0.05) is 28.6 Å². The molecule has 0 saturated carbocycles. The van der Waals surface area contributed by atoms with Gasteiger partial charge >= 0.3 is 0 Å². The largest absolute Gasteiger partial charge is 0.454 e. The number of H-pyrrole nitrogens is 1. The van der Waals surface area contributed by atoms with Crippen LogP contribution in [0.25, 0.3) is 16.9 Å². The fourth-order valence-corrected chi connectivity index (χ4v) is 3.69. The molecule has 0 spiro atoms. The van der Waals surface area contributed by atoms with Crippen molar-refractivity contribution in [2.24, 2.45) is 0 Å². The van der Waals surface area contributed by atoms with E-state index in [0.717, 1.165) is 22.4 Å². The zero-order valence-electron chi connectivity index (χ0n) is 15.0. The maximum Gasteiger partial charge on any atom is 0.274 e. The molecule has 0 unspecified atom stereocenters. The van der Waals surface area contributed by atoms with Gasteiger partial charge in [0.1, 0.15) is 5.65 Å². The van der Waals surface area contributed by atoms with Gasteiger partial charge in [-0.3, -0.25) is 4.79 Å². The highest BCUT2D eigenvalue weighted by molar-refractivity contribution is 6.30. The standard InChI is InChI=1S/C21H16ClN3O3/c1-12-16(8-13-3-2-4-15(22)7-13)21-23-17(10-20(26)25(21)24-12)14-5-6-18-19(9-14)28-11-27-18/h2-7,9-10,23H,8,11H2,1H3. The predicted molar refractivity (Wildman–Crippen MR) is 106 cm³/mol. The number of fused-ring (bicyclic) bond motifs is 2. The number of aromatic nitrogens is 3. The summed E-state index contributed by atoms with van der Waals surface area (Å²) < 4.78 is 12.2. The summed E-state index contributed by atoms with van der Waals surface area (Å²) in [5.41, 5.74) is 4.84. The van der Waals surface area contributed by atoms with E-state index in [-0.39, 0.29) is 12.4 Å². The van der Waals surface area contributed by atoms with Gasteiger partial charge in [-0.05, 0) is 42.8 Å². The molecule has 0 atom stereocenters. The van der Waals surface area contributed by atoms with E-state index in [4.69, 9.17) is 21.1 Å². The van der Waals surface area contributed by atoms with Crippen LogP contribution in [0.5, 0.6) is 11.5 Å². The molecular weight excluding hydrogens is 378 g/mol. The molecule has 140 valence electrons. The van der Waals surface area contributed by atoms with Gasteiger partial charge in [0.15, 0.2) is 11.5 Å². The summed E-state index contributed by atoms with van der Waals surface area (Å²) in [6.45, 7) is 2.11. The lowest BCUT2D eigenvalue weighted by Crippen LogP contribution is -2.14. The monoisotopic (exact) mass is 393 g/mol. The molecule has 5 rings (SSSR count). The molecule has 28 heavy (non-hydrogen) atoms. The molecule has 6 nitrogen and oxygen atoms in total. The molecule has 0 fully saturated rings. The van der Waals surface area contributed by atoms with Gasteiger partial charge in [-0.2, -0.15) is 9.61 Å². The lowest BCUT2D eigenvalue weighted by atomic mass is 10.1. The topological polar surface area (TPSA) is 68.6 Å². The highest BCUT2D eigenvalue weighted by atomic mass is 35.5. The molecule has 0 bridgehead atoms. The van der Waals surface area contributed by atoms with Crippen LogP contribution in [0.4, 0.5) is 0 Å². The smallest absolute Gasteiger partial charge is 0.274 e. The first-order valence-electron chi connectivity index (χ1n) is 8.84. The summed E-state index contributed by atoms with van der Waals surface area (Å²) in [6, 6.07) is 14.8. The second kappa shape index (κ2) is 6.42. The van der Waals surface area contributed by atoms with E-state index in [0.29, 0.717) is 34.3 Å². The van der Waals surface area contributed by atoms with Crippen molar-refractivity contribution < 1.29 is 9.47 Å². The molecule has 3 heterocycles. The lowest BCUT2D eigenvalue weighted by Gasteiger charge is -2.06. The van der Waals surface area contributed by atoms with Crippen LogP contribution in [-0.2, 0) is 6.42 Å². The third-order valence-electron chi connectivity index (χ3n) is 4.87. The second-order valence-corrected chi connectivity index (χ2v) is 7.16. The quantitative estimate of drug-likeness (QED) is 0.571. The Kier molecular flexibility index (Phi) is 3.87. The van der Waals surface area contributed by atoms with Crippen molar-refractivity contribution in [3.63, 3.8) is 0 Å². The molecule has 0 radical (unpaired) electrons. The van der Waals surface area contributed by atoms with Gasteiger partial charge in [0.25, 0.3) is 5.56 Å². The van der Waals surface area contributed by atoms with Crippen molar-refractivity contribution in [1.82, 2.24) is 14.6 Å². The van der Waals surface area contributed by atoms with Crippen molar-refractivity contribution in [1.29, 1.82) is 0 Å². The molecule has 1 aliphatic heterocycles. The van der Waals surface area contributed by atoms with Crippen LogP contribution in [0, 0.1) is 6.92 Å². The van der Waals surface area contributed by atoms with Gasteiger partial charge in [-0.1, -0.05) is 23.7 Å². The molecule has 0 aliphatic carbocycles. The van der Waals surface area contributed by atoms with Crippen LogP contribution < -0.4 is 15.0 Å². The molecule has 2 aromatic heterocycles. The Hall–Kier alpha value is -3.25. The summed E-state index contributed by atoms with van der Waals surface area (Å²) in [5, 5.41) is 5.10.